The molecule has 2 N–H and O–H groups in total. The zero-order chi connectivity index (χ0) is 19.9. The van der Waals surface area contributed by atoms with Crippen molar-refractivity contribution in [3.63, 3.8) is 0 Å². The molecule has 0 fully saturated rings. The molecule has 0 radical (unpaired) electrons. The van der Waals surface area contributed by atoms with Gasteiger partial charge in [-0.25, -0.2) is 8.42 Å². The van der Waals surface area contributed by atoms with E-state index in [1.54, 1.807) is 42.5 Å². The van der Waals surface area contributed by atoms with Gasteiger partial charge in [0, 0.05) is 28.8 Å². The minimum Gasteiger partial charge on any atom is -0.322 e. The second-order valence-electron chi connectivity index (χ2n) is 6.08. The number of carbonyl (C=O) groups excluding carboxylic acids is 1. The Labute approximate surface area is 159 Å². The van der Waals surface area contributed by atoms with Crippen LogP contribution in [-0.4, -0.2) is 19.2 Å². The summed E-state index contributed by atoms with van der Waals surface area (Å²) in [5.41, 5.74) is 0.896. The van der Waals surface area contributed by atoms with E-state index in [4.69, 9.17) is 0 Å². The molecule has 0 spiro atoms. The van der Waals surface area contributed by atoms with Crippen LogP contribution in [0.25, 0.3) is 16.5 Å². The van der Waals surface area contributed by atoms with Crippen molar-refractivity contribution in [1.29, 1.82) is 0 Å². The lowest BCUT2D eigenvalue weighted by Crippen LogP contribution is -2.16. The Balaban J connectivity index is 1.70. The van der Waals surface area contributed by atoms with E-state index >= 15 is 0 Å². The number of nitro benzene ring substituents is 1. The van der Waals surface area contributed by atoms with Gasteiger partial charge in [-0.1, -0.05) is 36.4 Å². The standard InChI is InChI=1S/C19H13N3O5S/c23-19(11-16-14-7-3-4-8-18(14)28(26,27)21-16)20-15-9-10-17(22(24)25)13-6-2-1-5-12(13)15/h1-11,21H,(H,20,23). The number of benzene rings is 3. The first kappa shape index (κ1) is 17.7. The van der Waals surface area contributed by atoms with Crippen molar-refractivity contribution in [3.05, 3.63) is 82.4 Å². The highest BCUT2D eigenvalue weighted by molar-refractivity contribution is 7.90. The summed E-state index contributed by atoms with van der Waals surface area (Å²) in [6.45, 7) is 0. The molecule has 8 nitrogen and oxygen atoms in total. The van der Waals surface area contributed by atoms with Gasteiger partial charge in [-0.2, -0.15) is 0 Å². The quantitative estimate of drug-likeness (QED) is 0.401. The molecule has 28 heavy (non-hydrogen) atoms. The smallest absolute Gasteiger partial charge is 0.277 e. The van der Waals surface area contributed by atoms with Crippen LogP contribution < -0.4 is 10.0 Å². The predicted molar refractivity (Wildman–Crippen MR) is 104 cm³/mol. The van der Waals surface area contributed by atoms with Crippen LogP contribution in [-0.2, 0) is 14.8 Å². The van der Waals surface area contributed by atoms with Crippen molar-refractivity contribution >= 4 is 43.8 Å². The molecule has 1 amide bonds. The lowest BCUT2D eigenvalue weighted by Gasteiger charge is -2.08. The molecule has 0 bridgehead atoms. The Morgan fingerprint density at radius 1 is 1.00 bits per heavy atom. The second-order valence-corrected chi connectivity index (χ2v) is 7.73. The minimum atomic E-state index is -3.70. The summed E-state index contributed by atoms with van der Waals surface area (Å²) in [5.74, 6) is -0.562. The maximum absolute atomic E-state index is 12.5. The van der Waals surface area contributed by atoms with E-state index in [2.05, 4.69) is 10.0 Å². The summed E-state index contributed by atoms with van der Waals surface area (Å²) < 4.78 is 26.6. The molecule has 0 unspecified atom stereocenters. The maximum atomic E-state index is 12.5. The van der Waals surface area contributed by atoms with Gasteiger partial charge in [0.15, 0.2) is 0 Å². The van der Waals surface area contributed by atoms with E-state index in [1.807, 2.05) is 0 Å². The van der Waals surface area contributed by atoms with E-state index in [0.717, 1.165) is 6.08 Å². The van der Waals surface area contributed by atoms with Gasteiger partial charge >= 0.3 is 0 Å². The van der Waals surface area contributed by atoms with E-state index < -0.39 is 20.9 Å². The molecule has 1 aliphatic heterocycles. The number of anilines is 1. The summed E-state index contributed by atoms with van der Waals surface area (Å²) in [4.78, 5) is 23.3. The molecule has 3 aromatic carbocycles. The number of non-ortho nitro benzene ring substituents is 1. The number of amides is 1. The van der Waals surface area contributed by atoms with Crippen molar-refractivity contribution in [2.75, 3.05) is 5.32 Å². The number of hydrogen-bond donors (Lipinski definition) is 2. The molecular weight excluding hydrogens is 382 g/mol. The van der Waals surface area contributed by atoms with Crippen LogP contribution >= 0.6 is 0 Å². The van der Waals surface area contributed by atoms with Crippen molar-refractivity contribution in [2.45, 2.75) is 4.90 Å². The number of fused-ring (bicyclic) bond motifs is 2. The van der Waals surface area contributed by atoms with Gasteiger partial charge in [0.05, 0.1) is 20.9 Å². The Kier molecular flexibility index (Phi) is 4.08. The van der Waals surface area contributed by atoms with Crippen molar-refractivity contribution in [1.82, 2.24) is 4.72 Å². The van der Waals surface area contributed by atoms with Crippen LogP contribution in [0.2, 0.25) is 0 Å². The molecular formula is C19H13N3O5S. The number of nitrogens with zero attached hydrogens (tertiary/aromatic N) is 1. The fourth-order valence-corrected chi connectivity index (χ4v) is 4.43. The molecule has 4 rings (SSSR count). The molecule has 0 aromatic heterocycles. The van der Waals surface area contributed by atoms with E-state index in [9.17, 15) is 23.3 Å². The van der Waals surface area contributed by atoms with Gasteiger partial charge in [0.1, 0.15) is 0 Å². The molecule has 0 saturated heterocycles. The van der Waals surface area contributed by atoms with Crippen molar-refractivity contribution in [3.8, 4) is 0 Å². The second kappa shape index (κ2) is 6.46. The SMILES string of the molecule is O=C(C=C1NS(=O)(=O)c2ccccc21)Nc1ccc([N+](=O)[O-])c2ccccc12. The van der Waals surface area contributed by atoms with Crippen LogP contribution in [0, 0.1) is 10.1 Å². The van der Waals surface area contributed by atoms with Gasteiger partial charge < -0.3 is 5.32 Å². The highest BCUT2D eigenvalue weighted by Gasteiger charge is 2.29. The Morgan fingerprint density at radius 2 is 1.68 bits per heavy atom. The largest absolute Gasteiger partial charge is 0.322 e. The predicted octanol–water partition coefficient (Wildman–Crippen LogP) is 3.02. The Hall–Kier alpha value is -3.72. The first-order chi connectivity index (χ1) is 13.4. The molecule has 1 heterocycles. The third-order valence-corrected chi connectivity index (χ3v) is 5.77. The van der Waals surface area contributed by atoms with Crippen molar-refractivity contribution in [2.24, 2.45) is 0 Å². The summed E-state index contributed by atoms with van der Waals surface area (Å²) in [6, 6.07) is 15.8. The van der Waals surface area contributed by atoms with Crippen LogP contribution in [0.1, 0.15) is 5.56 Å². The monoisotopic (exact) mass is 395 g/mol. The van der Waals surface area contributed by atoms with Gasteiger partial charge in [-0.15, -0.1) is 0 Å². The summed E-state index contributed by atoms with van der Waals surface area (Å²) in [5, 5.41) is 14.8. The highest BCUT2D eigenvalue weighted by Crippen LogP contribution is 2.32. The molecule has 140 valence electrons. The summed E-state index contributed by atoms with van der Waals surface area (Å²) in [7, 11) is -3.70. The van der Waals surface area contributed by atoms with Crippen LogP contribution in [0.3, 0.4) is 0 Å². The van der Waals surface area contributed by atoms with Gasteiger partial charge in [-0.3, -0.25) is 19.6 Å². The lowest BCUT2D eigenvalue weighted by molar-refractivity contribution is -0.383. The van der Waals surface area contributed by atoms with E-state index in [1.165, 1.54) is 18.2 Å². The van der Waals surface area contributed by atoms with Crippen LogP contribution in [0.15, 0.2) is 71.6 Å². The average Bonchev–Trinajstić information content (AvgIpc) is 2.92. The van der Waals surface area contributed by atoms with Gasteiger partial charge in [0.2, 0.25) is 0 Å². The van der Waals surface area contributed by atoms with E-state index in [0.29, 0.717) is 22.0 Å². The van der Waals surface area contributed by atoms with Gasteiger partial charge in [0.25, 0.3) is 21.6 Å². The number of nitrogens with one attached hydrogen (secondary N) is 2. The van der Waals surface area contributed by atoms with Crippen LogP contribution in [0.4, 0.5) is 11.4 Å². The normalized spacial score (nSPS) is 15.8. The third kappa shape index (κ3) is 2.97. The Bertz CT molecular complexity index is 1280. The number of sulfonamides is 1. The number of carbonyl (C=O) groups is 1. The minimum absolute atomic E-state index is 0.0653. The van der Waals surface area contributed by atoms with E-state index in [-0.39, 0.29) is 16.3 Å². The summed E-state index contributed by atoms with van der Waals surface area (Å²) in [6.07, 6.45) is 1.15. The molecule has 9 heteroatoms. The Morgan fingerprint density at radius 3 is 2.43 bits per heavy atom. The highest BCUT2D eigenvalue weighted by atomic mass is 32.2. The number of nitro groups is 1. The lowest BCUT2D eigenvalue weighted by atomic mass is 10.1. The first-order valence-corrected chi connectivity index (χ1v) is 9.66. The first-order valence-electron chi connectivity index (χ1n) is 8.18. The molecule has 1 aliphatic rings. The van der Waals surface area contributed by atoms with Gasteiger partial charge in [-0.05, 0) is 18.2 Å². The maximum Gasteiger partial charge on any atom is 0.277 e. The average molecular weight is 395 g/mol. The number of hydrogen-bond acceptors (Lipinski definition) is 5. The van der Waals surface area contributed by atoms with Crippen molar-refractivity contribution < 1.29 is 18.1 Å². The molecule has 3 aromatic rings. The fourth-order valence-electron chi connectivity index (χ4n) is 3.14. The molecule has 0 saturated carbocycles. The topological polar surface area (TPSA) is 118 Å². The molecule has 0 aliphatic carbocycles. The fraction of sp³-hybridized carbons (Fsp3) is 0. The zero-order valence-corrected chi connectivity index (χ0v) is 15.1. The molecule has 0 atom stereocenters. The summed E-state index contributed by atoms with van der Waals surface area (Å²) >= 11 is 0. The van der Waals surface area contributed by atoms with Crippen LogP contribution in [0.5, 0.6) is 0 Å². The number of rotatable bonds is 3. The zero-order valence-electron chi connectivity index (χ0n) is 14.2. The third-order valence-electron chi connectivity index (χ3n) is 4.34.